The quantitative estimate of drug-likeness (QED) is 0.518. The fourth-order valence-electron chi connectivity index (χ4n) is 3.07. The van der Waals surface area contributed by atoms with Crippen LogP contribution in [0.3, 0.4) is 0 Å². The maximum Gasteiger partial charge on any atom is 0.135 e. The molecule has 0 N–H and O–H groups in total. The van der Waals surface area contributed by atoms with Crippen LogP contribution in [0.15, 0.2) is 12.5 Å². The summed E-state index contributed by atoms with van der Waals surface area (Å²) < 4.78 is 0. The number of anilines is 1. The first-order valence-electron chi connectivity index (χ1n) is 9.33. The molecule has 126 valence electrons. The minimum Gasteiger partial charge on any atom is -0.353 e. The molecule has 0 atom stereocenters. The molecule has 0 aliphatic carbocycles. The van der Waals surface area contributed by atoms with Gasteiger partial charge in [-0.25, -0.2) is 9.97 Å². The predicted molar refractivity (Wildman–Crippen MR) is 96.5 cm³/mol. The predicted octanol–water partition coefficient (Wildman–Crippen LogP) is 5.39. The normalized spacial score (nSPS) is 11.1. The molecule has 0 saturated heterocycles. The van der Waals surface area contributed by atoms with Gasteiger partial charge >= 0.3 is 0 Å². The molecule has 1 aromatic rings. The molecule has 3 nitrogen and oxygen atoms in total. The van der Waals surface area contributed by atoms with Crippen LogP contribution in [0.2, 0.25) is 0 Å². The van der Waals surface area contributed by atoms with Crippen molar-refractivity contribution in [3.63, 3.8) is 0 Å². The Morgan fingerprint density at radius 3 is 2.23 bits per heavy atom. The lowest BCUT2D eigenvalue weighted by molar-refractivity contribution is 0.491. The average Bonchev–Trinajstić information content (AvgIpc) is 2.54. The first-order valence-corrected chi connectivity index (χ1v) is 9.33. The van der Waals surface area contributed by atoms with E-state index in [0.717, 1.165) is 13.0 Å². The summed E-state index contributed by atoms with van der Waals surface area (Å²) in [6.07, 6.45) is 14.8. The fraction of sp³-hybridized carbons (Fsp3) is 0.789. The van der Waals surface area contributed by atoms with Gasteiger partial charge in [-0.2, -0.15) is 0 Å². The van der Waals surface area contributed by atoms with E-state index >= 15 is 0 Å². The van der Waals surface area contributed by atoms with Crippen LogP contribution in [0, 0.1) is 0 Å². The zero-order chi connectivity index (χ0) is 16.2. The number of aryl methyl sites for hydroxylation is 1. The van der Waals surface area contributed by atoms with E-state index in [4.69, 9.17) is 0 Å². The lowest BCUT2D eigenvalue weighted by Gasteiger charge is -2.34. The van der Waals surface area contributed by atoms with E-state index < -0.39 is 0 Å². The summed E-state index contributed by atoms with van der Waals surface area (Å²) in [5, 5.41) is 0. The number of hydrogen-bond donors (Lipinski definition) is 0. The summed E-state index contributed by atoms with van der Waals surface area (Å²) in [5.74, 6) is 1.20. The highest BCUT2D eigenvalue weighted by Crippen LogP contribution is 2.25. The maximum absolute atomic E-state index is 4.69. The minimum absolute atomic E-state index is 0.622. The Balaban J connectivity index is 3.02. The number of aromatic nitrogens is 2. The van der Waals surface area contributed by atoms with Crippen LogP contribution in [0.25, 0.3) is 0 Å². The molecule has 1 rings (SSSR count). The zero-order valence-corrected chi connectivity index (χ0v) is 15.1. The van der Waals surface area contributed by atoms with Crippen molar-refractivity contribution in [3.8, 4) is 0 Å². The van der Waals surface area contributed by atoms with Crippen LogP contribution in [0.5, 0.6) is 0 Å². The Hall–Kier alpha value is -1.12. The van der Waals surface area contributed by atoms with E-state index in [1.54, 1.807) is 6.33 Å². The second-order valence-corrected chi connectivity index (χ2v) is 6.25. The summed E-state index contributed by atoms with van der Waals surface area (Å²) in [7, 11) is 0. The SMILES string of the molecule is CCCCc1cncnc1N(CCCC)C(CCC)CCC. The van der Waals surface area contributed by atoms with Crippen LogP contribution < -0.4 is 4.90 Å². The standard InChI is InChI=1S/C19H35N3/c1-5-9-13-17-15-20-16-21-19(17)22(14-10-6-2)18(11-7-3)12-8-4/h15-16,18H,5-14H2,1-4H3. The molecule has 1 heterocycles. The first-order chi connectivity index (χ1) is 10.8. The van der Waals surface area contributed by atoms with Gasteiger partial charge in [-0.1, -0.05) is 53.4 Å². The van der Waals surface area contributed by atoms with Gasteiger partial charge in [0.1, 0.15) is 12.1 Å². The molecule has 0 bridgehead atoms. The van der Waals surface area contributed by atoms with Gasteiger partial charge in [0, 0.05) is 24.3 Å². The third-order valence-corrected chi connectivity index (χ3v) is 4.27. The Morgan fingerprint density at radius 2 is 1.64 bits per heavy atom. The Bertz CT molecular complexity index is 386. The van der Waals surface area contributed by atoms with Gasteiger partial charge in [0.15, 0.2) is 0 Å². The molecule has 22 heavy (non-hydrogen) atoms. The molecule has 0 saturated carbocycles. The van der Waals surface area contributed by atoms with Gasteiger partial charge in [-0.3, -0.25) is 0 Å². The number of unbranched alkanes of at least 4 members (excludes halogenated alkanes) is 2. The summed E-state index contributed by atoms with van der Waals surface area (Å²) >= 11 is 0. The monoisotopic (exact) mass is 305 g/mol. The summed E-state index contributed by atoms with van der Waals surface area (Å²) in [4.78, 5) is 11.5. The molecule has 0 amide bonds. The third-order valence-electron chi connectivity index (χ3n) is 4.27. The van der Waals surface area contributed by atoms with E-state index in [0.29, 0.717) is 6.04 Å². The van der Waals surface area contributed by atoms with Gasteiger partial charge < -0.3 is 4.90 Å². The second-order valence-electron chi connectivity index (χ2n) is 6.25. The van der Waals surface area contributed by atoms with Crippen LogP contribution in [-0.4, -0.2) is 22.6 Å². The van der Waals surface area contributed by atoms with E-state index in [1.165, 1.54) is 62.7 Å². The number of rotatable bonds is 12. The van der Waals surface area contributed by atoms with Crippen molar-refractivity contribution in [2.75, 3.05) is 11.4 Å². The molecule has 3 heteroatoms. The maximum atomic E-state index is 4.69. The van der Waals surface area contributed by atoms with Crippen LogP contribution in [0.4, 0.5) is 5.82 Å². The van der Waals surface area contributed by atoms with Crippen molar-refractivity contribution in [2.24, 2.45) is 0 Å². The largest absolute Gasteiger partial charge is 0.353 e. The van der Waals surface area contributed by atoms with Crippen molar-refractivity contribution < 1.29 is 0 Å². The second kappa shape index (κ2) is 11.4. The van der Waals surface area contributed by atoms with Crippen LogP contribution in [-0.2, 0) is 6.42 Å². The van der Waals surface area contributed by atoms with E-state index in [1.807, 2.05) is 6.20 Å². The Morgan fingerprint density at radius 1 is 0.955 bits per heavy atom. The molecule has 0 radical (unpaired) electrons. The average molecular weight is 306 g/mol. The summed E-state index contributed by atoms with van der Waals surface area (Å²) in [6, 6.07) is 0.622. The molecule has 1 aromatic heterocycles. The Labute approximate surface area is 137 Å². The summed E-state index contributed by atoms with van der Waals surface area (Å²) in [6.45, 7) is 10.2. The first kappa shape index (κ1) is 18.9. The van der Waals surface area contributed by atoms with E-state index in [9.17, 15) is 0 Å². The lowest BCUT2D eigenvalue weighted by atomic mass is 10.0. The van der Waals surface area contributed by atoms with Gasteiger partial charge in [0.05, 0.1) is 0 Å². The summed E-state index contributed by atoms with van der Waals surface area (Å²) in [5.41, 5.74) is 1.33. The van der Waals surface area contributed by atoms with E-state index in [-0.39, 0.29) is 0 Å². The fourth-order valence-corrected chi connectivity index (χ4v) is 3.07. The van der Waals surface area contributed by atoms with Crippen molar-refractivity contribution in [1.82, 2.24) is 9.97 Å². The molecule has 0 aliphatic rings. The highest BCUT2D eigenvalue weighted by molar-refractivity contribution is 5.46. The van der Waals surface area contributed by atoms with Crippen LogP contribution in [0.1, 0.15) is 84.6 Å². The molecule has 0 unspecified atom stereocenters. The van der Waals surface area contributed by atoms with Crippen molar-refractivity contribution in [1.29, 1.82) is 0 Å². The van der Waals surface area contributed by atoms with Gasteiger partial charge in [0.2, 0.25) is 0 Å². The van der Waals surface area contributed by atoms with Gasteiger partial charge in [0.25, 0.3) is 0 Å². The molecular formula is C19H35N3. The van der Waals surface area contributed by atoms with Crippen molar-refractivity contribution >= 4 is 5.82 Å². The molecule has 0 aliphatic heterocycles. The number of hydrogen-bond acceptors (Lipinski definition) is 3. The smallest absolute Gasteiger partial charge is 0.135 e. The molecule has 0 aromatic carbocycles. The zero-order valence-electron chi connectivity index (χ0n) is 15.1. The highest BCUT2D eigenvalue weighted by Gasteiger charge is 2.20. The Kier molecular flexibility index (Phi) is 9.85. The van der Waals surface area contributed by atoms with Crippen LogP contribution >= 0.6 is 0 Å². The molecule has 0 fully saturated rings. The van der Waals surface area contributed by atoms with Crippen molar-refractivity contribution in [3.05, 3.63) is 18.1 Å². The van der Waals surface area contributed by atoms with Gasteiger partial charge in [-0.05, 0) is 32.1 Å². The third kappa shape index (κ3) is 5.94. The lowest BCUT2D eigenvalue weighted by Crippen LogP contribution is -2.37. The van der Waals surface area contributed by atoms with Crippen molar-refractivity contribution in [2.45, 2.75) is 91.5 Å². The molecular weight excluding hydrogens is 270 g/mol. The number of nitrogens with zero attached hydrogens (tertiary/aromatic N) is 3. The molecule has 0 spiro atoms. The minimum atomic E-state index is 0.622. The topological polar surface area (TPSA) is 29.0 Å². The van der Waals surface area contributed by atoms with E-state index in [2.05, 4.69) is 42.6 Å². The highest BCUT2D eigenvalue weighted by atomic mass is 15.2. The van der Waals surface area contributed by atoms with Gasteiger partial charge in [-0.15, -0.1) is 0 Å².